The molecular formula is C26H20F2N2O4. The van der Waals surface area contributed by atoms with Gasteiger partial charge in [0.2, 0.25) is 5.43 Å². The van der Waals surface area contributed by atoms with Crippen LogP contribution in [0.5, 0.6) is 11.5 Å². The molecule has 6 nitrogen and oxygen atoms in total. The van der Waals surface area contributed by atoms with Crippen LogP contribution < -0.4 is 10.7 Å². The van der Waals surface area contributed by atoms with E-state index in [0.29, 0.717) is 28.5 Å². The van der Waals surface area contributed by atoms with Gasteiger partial charge in [-0.1, -0.05) is 6.07 Å². The van der Waals surface area contributed by atoms with Crippen LogP contribution in [0.4, 0.5) is 8.78 Å². The average molecular weight is 462 g/mol. The highest BCUT2D eigenvalue weighted by atomic mass is 19.1. The second kappa shape index (κ2) is 8.07. The molecule has 1 atom stereocenters. The summed E-state index contributed by atoms with van der Waals surface area (Å²) in [5, 5.41) is 24.4. The highest BCUT2D eigenvalue weighted by Crippen LogP contribution is 2.44. The third-order valence-electron chi connectivity index (χ3n) is 6.01. The van der Waals surface area contributed by atoms with Crippen molar-refractivity contribution in [2.45, 2.75) is 19.4 Å². The Balaban J connectivity index is 1.88. The van der Waals surface area contributed by atoms with Crippen molar-refractivity contribution in [1.29, 1.82) is 0 Å². The van der Waals surface area contributed by atoms with Crippen molar-refractivity contribution < 1.29 is 23.4 Å². The van der Waals surface area contributed by atoms with E-state index in [-0.39, 0.29) is 34.1 Å². The first-order valence-corrected chi connectivity index (χ1v) is 10.6. The zero-order valence-corrected chi connectivity index (χ0v) is 18.3. The molecule has 0 saturated carbocycles. The van der Waals surface area contributed by atoms with Gasteiger partial charge in [0.1, 0.15) is 22.6 Å². The number of aromatic hydroxyl groups is 2. The molecule has 34 heavy (non-hydrogen) atoms. The Labute approximate surface area is 192 Å². The fourth-order valence-corrected chi connectivity index (χ4v) is 4.18. The molecule has 8 heteroatoms. The largest absolute Gasteiger partial charge is 0.506 e. The second-order valence-corrected chi connectivity index (χ2v) is 8.28. The Morgan fingerprint density at radius 3 is 2.53 bits per heavy atom. The number of phenolic OH excluding ortho intramolecular Hbond substituents is 2. The molecule has 2 aromatic carbocycles. The molecule has 1 aliphatic carbocycles. The van der Waals surface area contributed by atoms with Gasteiger partial charge in [-0.3, -0.25) is 4.79 Å². The first-order chi connectivity index (χ1) is 16.3. The first kappa shape index (κ1) is 21.8. The molecule has 2 aliphatic rings. The van der Waals surface area contributed by atoms with E-state index in [2.05, 4.69) is 10.3 Å². The van der Waals surface area contributed by atoms with E-state index in [0.717, 1.165) is 30.0 Å². The lowest BCUT2D eigenvalue weighted by Gasteiger charge is -2.18. The number of phenols is 2. The van der Waals surface area contributed by atoms with Gasteiger partial charge in [-0.05, 0) is 49.9 Å². The maximum absolute atomic E-state index is 14.4. The molecule has 3 N–H and O–H groups in total. The van der Waals surface area contributed by atoms with E-state index in [4.69, 9.17) is 4.42 Å². The van der Waals surface area contributed by atoms with Crippen molar-refractivity contribution in [2.75, 3.05) is 7.05 Å². The van der Waals surface area contributed by atoms with E-state index >= 15 is 0 Å². The summed E-state index contributed by atoms with van der Waals surface area (Å²) in [7, 11) is 1.85. The molecule has 0 radical (unpaired) electrons. The van der Waals surface area contributed by atoms with Gasteiger partial charge in [0, 0.05) is 52.2 Å². The van der Waals surface area contributed by atoms with Gasteiger partial charge in [0.25, 0.3) is 0 Å². The number of hydrogen-bond donors (Lipinski definition) is 3. The fraction of sp³-hybridized carbons (Fsp3) is 0.154. The van der Waals surface area contributed by atoms with Gasteiger partial charge in [0.05, 0.1) is 0 Å². The second-order valence-electron chi connectivity index (χ2n) is 8.28. The molecule has 2 heterocycles. The van der Waals surface area contributed by atoms with Crippen LogP contribution >= 0.6 is 0 Å². The van der Waals surface area contributed by atoms with Crippen molar-refractivity contribution in [3.63, 3.8) is 0 Å². The lowest BCUT2D eigenvalue weighted by molar-refractivity contribution is 0.432. The summed E-state index contributed by atoms with van der Waals surface area (Å²) >= 11 is 0. The van der Waals surface area contributed by atoms with Crippen LogP contribution in [0.25, 0.3) is 44.3 Å². The number of likely N-dealkylation sites (N-methyl/N-ethyl adjacent to an activating group) is 1. The van der Waals surface area contributed by atoms with Crippen molar-refractivity contribution in [3.8, 4) is 33.9 Å². The van der Waals surface area contributed by atoms with Gasteiger partial charge in [-0.15, -0.1) is 0 Å². The van der Waals surface area contributed by atoms with Crippen LogP contribution in [0.2, 0.25) is 0 Å². The molecule has 1 aromatic heterocycles. The monoisotopic (exact) mass is 462 g/mol. The predicted octanol–water partition coefficient (Wildman–Crippen LogP) is 4.95. The molecule has 3 aromatic rings. The van der Waals surface area contributed by atoms with E-state index in [1.54, 1.807) is 12.1 Å². The maximum Gasteiger partial charge on any atom is 0.217 e. The predicted molar refractivity (Wildman–Crippen MR) is 125 cm³/mol. The molecule has 0 saturated heterocycles. The van der Waals surface area contributed by atoms with Crippen LogP contribution in [0.1, 0.15) is 12.6 Å². The molecule has 172 valence electrons. The van der Waals surface area contributed by atoms with Crippen LogP contribution in [0, 0.1) is 11.6 Å². The lowest BCUT2D eigenvalue weighted by atomic mass is 9.91. The van der Waals surface area contributed by atoms with Gasteiger partial charge < -0.3 is 19.9 Å². The summed E-state index contributed by atoms with van der Waals surface area (Å²) in [6.45, 7) is 2.01. The van der Waals surface area contributed by atoms with Crippen molar-refractivity contribution in [1.82, 2.24) is 10.3 Å². The van der Waals surface area contributed by atoms with E-state index in [1.807, 2.05) is 20.0 Å². The summed E-state index contributed by atoms with van der Waals surface area (Å²) in [6, 6.07) is 11.2. The number of halogens is 2. The Morgan fingerprint density at radius 1 is 0.971 bits per heavy atom. The topological polar surface area (TPSA) is 95.6 Å². The van der Waals surface area contributed by atoms with Gasteiger partial charge >= 0.3 is 0 Å². The highest BCUT2D eigenvalue weighted by molar-refractivity contribution is 6.09. The van der Waals surface area contributed by atoms with Gasteiger partial charge in [-0.25, -0.2) is 13.8 Å². The summed E-state index contributed by atoms with van der Waals surface area (Å²) in [5.41, 5.74) is 1.52. The third-order valence-corrected chi connectivity index (χ3v) is 6.01. The molecule has 0 bridgehead atoms. The van der Waals surface area contributed by atoms with Gasteiger partial charge in [-0.2, -0.15) is 0 Å². The zero-order valence-electron chi connectivity index (χ0n) is 18.3. The van der Waals surface area contributed by atoms with Crippen molar-refractivity contribution >= 4 is 21.9 Å². The zero-order chi connectivity index (χ0) is 24.1. The minimum atomic E-state index is -0.980. The van der Waals surface area contributed by atoms with Crippen LogP contribution in [0.3, 0.4) is 0 Å². The van der Waals surface area contributed by atoms with Crippen LogP contribution in [-0.4, -0.2) is 28.3 Å². The minimum absolute atomic E-state index is 0.0382. The molecule has 0 fully saturated rings. The smallest absolute Gasteiger partial charge is 0.217 e. The molecule has 5 rings (SSSR count). The summed E-state index contributed by atoms with van der Waals surface area (Å²) in [5.74, 6) is -2.44. The summed E-state index contributed by atoms with van der Waals surface area (Å²) < 4.78 is 34.5. The molecule has 0 amide bonds. The SMILES string of the molecule is CN[C@H](C)Cc1ccc2c(-c3c4cc(F)c(=O)cc-4oc4cc(O)c(F)cc34)ccc(O)c2n1. The standard InChI is InChI=1S/C26H20F2N2O4/c1-12(29-2)7-13-3-4-15-14(5-6-20(31)26(15)30-13)25-16-8-18(27)21(32)10-23(16)34-24-11-22(33)19(28)9-17(24)25/h3-6,8-12,29,31-32H,7H2,1-2H3/t12-/m1/s1. The number of nitrogens with one attached hydrogen (secondary N) is 1. The van der Waals surface area contributed by atoms with E-state index in [9.17, 15) is 23.8 Å². The van der Waals surface area contributed by atoms with Crippen molar-refractivity contribution in [2.24, 2.45) is 0 Å². The van der Waals surface area contributed by atoms with Crippen molar-refractivity contribution in [3.05, 3.63) is 76.1 Å². The molecule has 1 aliphatic heterocycles. The number of benzene rings is 3. The Hall–Kier alpha value is -4.04. The Kier molecular flexibility index (Phi) is 5.17. The highest BCUT2D eigenvalue weighted by Gasteiger charge is 2.23. The summed E-state index contributed by atoms with van der Waals surface area (Å²) in [4.78, 5) is 16.6. The Morgan fingerprint density at radius 2 is 1.76 bits per heavy atom. The number of nitrogens with zero attached hydrogens (tertiary/aromatic N) is 1. The Bertz CT molecular complexity index is 1610. The minimum Gasteiger partial charge on any atom is -0.506 e. The van der Waals surface area contributed by atoms with Gasteiger partial charge in [0.15, 0.2) is 17.4 Å². The number of rotatable bonds is 4. The van der Waals surface area contributed by atoms with E-state index < -0.39 is 22.8 Å². The fourth-order valence-electron chi connectivity index (χ4n) is 4.18. The average Bonchev–Trinajstić information content (AvgIpc) is 2.81. The molecule has 0 unspecified atom stereocenters. The third kappa shape index (κ3) is 3.52. The number of pyridine rings is 1. The van der Waals surface area contributed by atoms with E-state index in [1.165, 1.54) is 6.07 Å². The summed E-state index contributed by atoms with van der Waals surface area (Å²) in [6.07, 6.45) is 0.633. The first-order valence-electron chi connectivity index (χ1n) is 10.6. The number of fused-ring (bicyclic) bond motifs is 3. The number of aromatic nitrogens is 1. The number of hydrogen-bond acceptors (Lipinski definition) is 6. The van der Waals surface area contributed by atoms with Crippen LogP contribution in [-0.2, 0) is 6.42 Å². The molecule has 0 spiro atoms. The molecular weight excluding hydrogens is 442 g/mol. The lowest BCUT2D eigenvalue weighted by Crippen LogP contribution is -2.23. The quantitative estimate of drug-likeness (QED) is 0.327. The normalized spacial score (nSPS) is 12.6. The maximum atomic E-state index is 14.4. The van der Waals surface area contributed by atoms with Crippen LogP contribution in [0.15, 0.2) is 57.7 Å².